The molecule has 5 N–H and O–H groups in total. The highest BCUT2D eigenvalue weighted by molar-refractivity contribution is 7.13. The minimum atomic E-state index is -0.490. The maximum atomic E-state index is 10.6. The van der Waals surface area contributed by atoms with E-state index in [1.807, 2.05) is 0 Å². The smallest absolute Gasteiger partial charge is 0.259 e. The highest BCUT2D eigenvalue weighted by Crippen LogP contribution is 2.28. The minimum absolute atomic E-state index is 0.0758. The summed E-state index contributed by atoms with van der Waals surface area (Å²) in [6.07, 6.45) is 5.13. The summed E-state index contributed by atoms with van der Waals surface area (Å²) >= 11 is 1.27. The zero-order chi connectivity index (χ0) is 18.2. The van der Waals surface area contributed by atoms with Crippen molar-refractivity contribution in [1.29, 1.82) is 0 Å². The van der Waals surface area contributed by atoms with Crippen molar-refractivity contribution in [1.82, 2.24) is 10.3 Å². The Kier molecular flexibility index (Phi) is 6.08. The van der Waals surface area contributed by atoms with Gasteiger partial charge in [-0.15, -0.1) is 17.8 Å². The fourth-order valence-corrected chi connectivity index (χ4v) is 2.45. The Labute approximate surface area is 146 Å². The van der Waals surface area contributed by atoms with Gasteiger partial charge in [0.05, 0.1) is 13.1 Å². The number of hydrogen-bond donors (Lipinski definition) is 3. The lowest BCUT2D eigenvalue weighted by molar-refractivity contribution is -0.463. The Morgan fingerprint density at radius 2 is 2.32 bits per heavy atom. The van der Waals surface area contributed by atoms with Crippen molar-refractivity contribution < 1.29 is 9.34 Å². The van der Waals surface area contributed by atoms with E-state index < -0.39 is 11.5 Å². The molecule has 0 aliphatic heterocycles. The second kappa shape index (κ2) is 8.46. The van der Waals surface area contributed by atoms with Gasteiger partial charge in [0, 0.05) is 10.3 Å². The fourth-order valence-electron chi connectivity index (χ4n) is 1.75. The minimum Gasteiger partial charge on any atom is -0.457 e. The molecule has 0 saturated carbocycles. The fraction of sp³-hybridized carbons (Fsp3) is 0.214. The summed E-state index contributed by atoms with van der Waals surface area (Å²) in [4.78, 5) is 22.3. The first-order valence-corrected chi connectivity index (χ1v) is 7.82. The third kappa shape index (κ3) is 5.63. The van der Waals surface area contributed by atoms with Crippen molar-refractivity contribution in [2.45, 2.75) is 6.54 Å². The van der Waals surface area contributed by atoms with E-state index >= 15 is 0 Å². The number of amidine groups is 1. The normalized spacial score (nSPS) is 10.9. The highest BCUT2D eigenvalue weighted by atomic mass is 32.1. The maximum absolute atomic E-state index is 10.6. The molecule has 0 aliphatic rings. The molecule has 0 saturated heterocycles. The number of rotatable bonds is 7. The van der Waals surface area contributed by atoms with Gasteiger partial charge in [0.25, 0.3) is 6.54 Å². The number of thiazole rings is 1. The van der Waals surface area contributed by atoms with Gasteiger partial charge >= 0.3 is 0 Å². The van der Waals surface area contributed by atoms with Crippen LogP contribution in [0, 0.1) is 22.5 Å². The lowest BCUT2D eigenvalue weighted by atomic mass is 10.3. The molecule has 0 spiro atoms. The highest BCUT2D eigenvalue weighted by Gasteiger charge is 2.10. The lowest BCUT2D eigenvalue weighted by Gasteiger charge is -2.02. The number of hydrogen-bond acceptors (Lipinski definition) is 7. The molecule has 25 heavy (non-hydrogen) atoms. The van der Waals surface area contributed by atoms with Crippen LogP contribution in [-0.2, 0) is 6.54 Å². The molecule has 2 aromatic heterocycles. The molecule has 0 amide bonds. The first kappa shape index (κ1) is 18.0. The number of guanidine groups is 1. The van der Waals surface area contributed by atoms with E-state index in [2.05, 4.69) is 26.2 Å². The Hall–Kier alpha value is -3.39. The molecule has 0 atom stereocenters. The van der Waals surface area contributed by atoms with Gasteiger partial charge in [-0.3, -0.25) is 15.1 Å². The van der Waals surface area contributed by atoms with Crippen molar-refractivity contribution in [3.05, 3.63) is 33.4 Å². The summed E-state index contributed by atoms with van der Waals surface area (Å²) in [7, 11) is 0. The summed E-state index contributed by atoms with van der Waals surface area (Å²) in [6.45, 7) is -0.155. The zero-order valence-corrected chi connectivity index (χ0v) is 13.8. The average molecular weight is 361 g/mol. The van der Waals surface area contributed by atoms with Crippen LogP contribution in [0.1, 0.15) is 5.76 Å². The quantitative estimate of drug-likeness (QED) is 0.215. The van der Waals surface area contributed by atoms with Crippen LogP contribution >= 0.6 is 11.3 Å². The third-order valence-corrected chi connectivity index (χ3v) is 3.46. The van der Waals surface area contributed by atoms with Gasteiger partial charge in [0.2, 0.25) is 5.13 Å². The van der Waals surface area contributed by atoms with Crippen molar-refractivity contribution >= 4 is 28.3 Å². The molecule has 0 fully saturated rings. The van der Waals surface area contributed by atoms with Crippen LogP contribution in [0.15, 0.2) is 31.9 Å². The lowest BCUT2D eigenvalue weighted by Crippen LogP contribution is -2.30. The van der Waals surface area contributed by atoms with E-state index in [1.165, 1.54) is 11.3 Å². The third-order valence-electron chi connectivity index (χ3n) is 2.73. The van der Waals surface area contributed by atoms with Crippen LogP contribution in [0.3, 0.4) is 0 Å². The first-order chi connectivity index (χ1) is 12.0. The molecule has 0 bridgehead atoms. The molecule has 130 valence electrons. The second-order valence-corrected chi connectivity index (χ2v) is 5.47. The van der Waals surface area contributed by atoms with Gasteiger partial charge in [-0.05, 0) is 12.1 Å². The number of terminal acetylenes is 1. The van der Waals surface area contributed by atoms with Crippen molar-refractivity contribution in [2.24, 2.45) is 21.5 Å². The largest absolute Gasteiger partial charge is 0.457 e. The SMILES string of the molecule is C#CCNC(C[N+](=O)[O-])=NCc1ccc(-c2csc(N=C(N)N)n2)o1. The summed E-state index contributed by atoms with van der Waals surface area (Å²) in [6, 6.07) is 3.44. The van der Waals surface area contributed by atoms with E-state index in [-0.39, 0.29) is 24.9 Å². The van der Waals surface area contributed by atoms with Gasteiger partial charge in [0.15, 0.2) is 17.6 Å². The second-order valence-electron chi connectivity index (χ2n) is 4.63. The number of nitrogens with one attached hydrogen (secondary N) is 1. The van der Waals surface area contributed by atoms with Crippen LogP contribution < -0.4 is 16.8 Å². The average Bonchev–Trinajstić information content (AvgIpc) is 3.18. The molecule has 11 heteroatoms. The molecule has 2 aromatic rings. The predicted octanol–water partition coefficient (Wildman–Crippen LogP) is 0.706. The number of aliphatic imine (C=N–C) groups is 2. The number of furan rings is 1. The van der Waals surface area contributed by atoms with Crippen molar-refractivity contribution in [2.75, 3.05) is 13.1 Å². The molecule has 0 aliphatic carbocycles. The van der Waals surface area contributed by atoms with Crippen molar-refractivity contribution in [3.63, 3.8) is 0 Å². The predicted molar refractivity (Wildman–Crippen MR) is 95.1 cm³/mol. The monoisotopic (exact) mass is 361 g/mol. The Bertz CT molecular complexity index is 843. The van der Waals surface area contributed by atoms with Crippen LogP contribution in [0.25, 0.3) is 11.5 Å². The standard InChI is InChI=1S/C14H15N7O3S/c1-2-5-17-12(7-21(22)23)18-6-9-3-4-11(24-9)10-8-25-14(19-10)20-13(15)16/h1,3-4,8H,5-7H2,(H,17,18)(H4,15,16,19,20). The zero-order valence-electron chi connectivity index (χ0n) is 13.0. The topological polar surface area (TPSA) is 158 Å². The van der Waals surface area contributed by atoms with Gasteiger partial charge in [-0.1, -0.05) is 5.92 Å². The van der Waals surface area contributed by atoms with Crippen LogP contribution in [-0.4, -0.2) is 34.8 Å². The van der Waals surface area contributed by atoms with E-state index in [4.69, 9.17) is 22.3 Å². The molecule has 2 rings (SSSR count). The molecular formula is C14H15N7O3S. The van der Waals surface area contributed by atoms with Crippen LogP contribution in [0.2, 0.25) is 0 Å². The number of nitrogens with two attached hydrogens (primary N) is 2. The van der Waals surface area contributed by atoms with Gasteiger partial charge in [-0.25, -0.2) is 4.98 Å². The summed E-state index contributed by atoms with van der Waals surface area (Å²) in [5.41, 5.74) is 11.2. The van der Waals surface area contributed by atoms with E-state index in [0.717, 1.165) is 0 Å². The van der Waals surface area contributed by atoms with Gasteiger partial charge in [-0.2, -0.15) is 4.99 Å². The van der Waals surface area contributed by atoms with E-state index in [9.17, 15) is 10.1 Å². The number of aromatic nitrogens is 1. The molecule has 2 heterocycles. The Balaban J connectivity index is 2.08. The summed E-state index contributed by atoms with van der Waals surface area (Å²) < 4.78 is 5.64. The van der Waals surface area contributed by atoms with Crippen LogP contribution in [0.4, 0.5) is 5.13 Å². The Morgan fingerprint density at radius 1 is 1.52 bits per heavy atom. The Morgan fingerprint density at radius 3 is 3.00 bits per heavy atom. The number of nitrogens with zero attached hydrogens (tertiary/aromatic N) is 4. The van der Waals surface area contributed by atoms with Gasteiger partial charge < -0.3 is 21.2 Å². The molecule has 0 unspecified atom stereocenters. The van der Waals surface area contributed by atoms with E-state index in [1.54, 1.807) is 17.5 Å². The van der Waals surface area contributed by atoms with Crippen LogP contribution in [0.5, 0.6) is 0 Å². The van der Waals surface area contributed by atoms with E-state index in [0.29, 0.717) is 22.3 Å². The first-order valence-electron chi connectivity index (χ1n) is 6.94. The molecular weight excluding hydrogens is 346 g/mol. The number of nitro groups is 1. The molecule has 10 nitrogen and oxygen atoms in total. The molecule has 0 radical (unpaired) electrons. The van der Waals surface area contributed by atoms with Gasteiger partial charge in [0.1, 0.15) is 11.5 Å². The molecule has 0 aromatic carbocycles. The maximum Gasteiger partial charge on any atom is 0.259 e. The van der Waals surface area contributed by atoms with Crippen molar-refractivity contribution in [3.8, 4) is 23.8 Å². The summed E-state index contributed by atoms with van der Waals surface area (Å²) in [5, 5.41) is 15.5. The summed E-state index contributed by atoms with van der Waals surface area (Å²) in [5.74, 6) is 3.49.